The Bertz CT molecular complexity index is 1310. The third-order valence-corrected chi connectivity index (χ3v) is 5.51. The van der Waals surface area contributed by atoms with E-state index in [1.54, 1.807) is 31.2 Å². The molecule has 1 atom stereocenters. The first-order valence-corrected chi connectivity index (χ1v) is 10.1. The summed E-state index contributed by atoms with van der Waals surface area (Å²) in [6.45, 7) is 1.73. The van der Waals surface area contributed by atoms with Gasteiger partial charge in [0.15, 0.2) is 0 Å². The van der Waals surface area contributed by atoms with E-state index in [0.717, 1.165) is 17.0 Å². The highest BCUT2D eigenvalue weighted by molar-refractivity contribution is 6.51. The number of methoxy groups -OCH3 is 1. The number of amides is 1. The van der Waals surface area contributed by atoms with E-state index >= 15 is 0 Å². The number of anilines is 1. The fourth-order valence-corrected chi connectivity index (χ4v) is 4.18. The predicted octanol–water partition coefficient (Wildman–Crippen LogP) is 4.96. The number of aliphatic hydroxyl groups is 1. The number of Topliss-reactive ketones (excluding diaryl/α,β-unsaturated/α-hetero) is 1. The zero-order valence-electron chi connectivity index (χ0n) is 17.5. The maximum atomic E-state index is 14.7. The first kappa shape index (κ1) is 22.4. The van der Waals surface area contributed by atoms with Crippen molar-refractivity contribution in [2.24, 2.45) is 0 Å². The van der Waals surface area contributed by atoms with E-state index < -0.39 is 35.1 Å². The molecule has 1 saturated heterocycles. The van der Waals surface area contributed by atoms with Crippen LogP contribution in [0.1, 0.15) is 22.9 Å². The number of rotatable bonds is 4. The summed E-state index contributed by atoms with van der Waals surface area (Å²) in [5, 5.41) is 11.4. The average molecular weight is 471 g/mol. The summed E-state index contributed by atoms with van der Waals surface area (Å²) in [6, 6.07) is 9.26. The molecule has 1 aliphatic rings. The monoisotopic (exact) mass is 470 g/mol. The number of ketones is 1. The molecule has 0 aliphatic carbocycles. The van der Waals surface area contributed by atoms with Gasteiger partial charge in [-0.3, -0.25) is 19.5 Å². The van der Waals surface area contributed by atoms with E-state index in [9.17, 15) is 23.5 Å². The van der Waals surface area contributed by atoms with E-state index in [4.69, 9.17) is 16.3 Å². The second-order valence-electron chi connectivity index (χ2n) is 7.35. The number of nitrogens with zero attached hydrogens (tertiary/aromatic N) is 2. The molecule has 2 aromatic carbocycles. The van der Waals surface area contributed by atoms with Gasteiger partial charge in [-0.2, -0.15) is 0 Å². The molecule has 4 rings (SSSR count). The lowest BCUT2D eigenvalue weighted by atomic mass is 9.97. The maximum Gasteiger partial charge on any atom is 0.300 e. The van der Waals surface area contributed by atoms with Crippen LogP contribution in [0.15, 0.2) is 60.3 Å². The van der Waals surface area contributed by atoms with Crippen molar-refractivity contribution in [1.82, 2.24) is 4.98 Å². The summed E-state index contributed by atoms with van der Waals surface area (Å²) in [5.74, 6) is -4.52. The molecule has 6 nitrogen and oxygen atoms in total. The van der Waals surface area contributed by atoms with Crippen molar-refractivity contribution in [2.75, 3.05) is 12.0 Å². The maximum absolute atomic E-state index is 14.7. The van der Waals surface area contributed by atoms with Gasteiger partial charge in [0.25, 0.3) is 11.7 Å². The number of aromatic nitrogens is 1. The van der Waals surface area contributed by atoms with Crippen LogP contribution >= 0.6 is 11.6 Å². The Morgan fingerprint density at radius 1 is 1.15 bits per heavy atom. The Morgan fingerprint density at radius 2 is 1.91 bits per heavy atom. The fraction of sp³-hybridized carbons (Fsp3) is 0.125. The van der Waals surface area contributed by atoms with Crippen molar-refractivity contribution >= 4 is 34.7 Å². The minimum absolute atomic E-state index is 0.0843. The number of aliphatic hydroxyl groups excluding tert-OH is 1. The normalized spacial score (nSPS) is 17.5. The lowest BCUT2D eigenvalue weighted by Crippen LogP contribution is -2.30. The first-order chi connectivity index (χ1) is 15.7. The van der Waals surface area contributed by atoms with E-state index in [1.165, 1.54) is 19.4 Å². The molecule has 0 spiro atoms. The lowest BCUT2D eigenvalue weighted by molar-refractivity contribution is -0.132. The van der Waals surface area contributed by atoms with Gasteiger partial charge < -0.3 is 9.84 Å². The minimum atomic E-state index is -1.28. The van der Waals surface area contributed by atoms with Crippen LogP contribution in [-0.2, 0) is 9.59 Å². The topological polar surface area (TPSA) is 79.7 Å². The molecule has 0 radical (unpaired) electrons. The fourth-order valence-electron chi connectivity index (χ4n) is 3.83. The van der Waals surface area contributed by atoms with Crippen molar-refractivity contribution in [2.45, 2.75) is 13.0 Å². The van der Waals surface area contributed by atoms with Crippen LogP contribution in [0, 0.1) is 18.6 Å². The largest absolute Gasteiger partial charge is 0.507 e. The van der Waals surface area contributed by atoms with Crippen LogP contribution in [0.2, 0.25) is 5.02 Å². The van der Waals surface area contributed by atoms with Crippen molar-refractivity contribution in [1.29, 1.82) is 0 Å². The summed E-state index contributed by atoms with van der Waals surface area (Å²) in [5.41, 5.74) is 0.279. The average Bonchev–Trinajstić information content (AvgIpc) is 3.04. The lowest BCUT2D eigenvalue weighted by Gasteiger charge is -2.25. The number of hydrogen-bond donors (Lipinski definition) is 1. The van der Waals surface area contributed by atoms with Crippen LogP contribution in [0.3, 0.4) is 0 Å². The number of aryl methyl sites for hydroxylation is 1. The van der Waals surface area contributed by atoms with E-state index in [0.29, 0.717) is 11.6 Å². The van der Waals surface area contributed by atoms with Crippen LogP contribution in [0.4, 0.5) is 14.5 Å². The molecule has 1 aliphatic heterocycles. The molecule has 3 aromatic rings. The zero-order valence-corrected chi connectivity index (χ0v) is 18.2. The Morgan fingerprint density at radius 3 is 2.55 bits per heavy atom. The Hall–Kier alpha value is -3.78. The number of halogens is 3. The van der Waals surface area contributed by atoms with E-state index in [-0.39, 0.29) is 33.3 Å². The highest BCUT2D eigenvalue weighted by Gasteiger charge is 2.48. The molecule has 1 N–H and O–H groups in total. The molecular formula is C24H17ClF2N2O4. The Balaban J connectivity index is 2.02. The van der Waals surface area contributed by atoms with E-state index in [2.05, 4.69) is 4.98 Å². The molecule has 1 amide bonds. The molecule has 168 valence electrons. The highest BCUT2D eigenvalue weighted by atomic mass is 35.5. The first-order valence-electron chi connectivity index (χ1n) is 9.76. The molecular weight excluding hydrogens is 454 g/mol. The summed E-state index contributed by atoms with van der Waals surface area (Å²) < 4.78 is 33.5. The van der Waals surface area contributed by atoms with Crippen LogP contribution in [-0.4, -0.2) is 28.9 Å². The molecule has 1 aromatic heterocycles. The van der Waals surface area contributed by atoms with Gasteiger partial charge in [-0.05, 0) is 48.9 Å². The number of carbonyl (C=O) groups excluding carboxylic acids is 2. The molecule has 33 heavy (non-hydrogen) atoms. The number of ether oxygens (including phenoxy) is 1. The van der Waals surface area contributed by atoms with Crippen molar-refractivity contribution in [3.05, 3.63) is 93.8 Å². The van der Waals surface area contributed by atoms with Crippen LogP contribution < -0.4 is 9.64 Å². The molecule has 1 unspecified atom stereocenters. The summed E-state index contributed by atoms with van der Waals surface area (Å²) in [4.78, 5) is 31.2. The summed E-state index contributed by atoms with van der Waals surface area (Å²) in [6.07, 6.45) is 1.43. The minimum Gasteiger partial charge on any atom is -0.507 e. The number of hydrogen-bond acceptors (Lipinski definition) is 5. The second kappa shape index (κ2) is 8.63. The van der Waals surface area contributed by atoms with Gasteiger partial charge >= 0.3 is 0 Å². The standard InChI is InChI=1S/C24H17ClF2N2O4/c1-12-9-14(23(33-2)15(25)10-12)21(30)19-20(17-5-3-4-8-28-17)29(24(32)22(19)31)18-7-6-13(26)11-16(18)27/h3-11,20,30H,1-2H3/b21-19+. The van der Waals surface area contributed by atoms with Gasteiger partial charge in [0.1, 0.15) is 29.2 Å². The predicted molar refractivity (Wildman–Crippen MR) is 118 cm³/mol. The molecule has 1 fully saturated rings. The Kier molecular flexibility index (Phi) is 5.86. The summed E-state index contributed by atoms with van der Waals surface area (Å²) in [7, 11) is 1.34. The highest BCUT2D eigenvalue weighted by Crippen LogP contribution is 2.44. The number of pyridine rings is 1. The SMILES string of the molecule is COc1c(Cl)cc(C)cc1/C(O)=C1\C(=O)C(=O)N(c2ccc(F)cc2F)C1c1ccccn1. The Labute approximate surface area is 192 Å². The molecule has 9 heteroatoms. The molecule has 2 heterocycles. The third-order valence-electron chi connectivity index (χ3n) is 5.23. The quantitative estimate of drug-likeness (QED) is 0.331. The molecule has 0 saturated carbocycles. The van der Waals surface area contributed by atoms with Gasteiger partial charge in [0.05, 0.1) is 34.7 Å². The van der Waals surface area contributed by atoms with Crippen molar-refractivity contribution < 1.29 is 28.2 Å². The van der Waals surface area contributed by atoms with Gasteiger partial charge in [-0.25, -0.2) is 8.78 Å². The van der Waals surface area contributed by atoms with Crippen LogP contribution in [0.25, 0.3) is 5.76 Å². The van der Waals surface area contributed by atoms with E-state index in [1.807, 2.05) is 0 Å². The zero-order chi connectivity index (χ0) is 23.9. The van der Waals surface area contributed by atoms with Crippen molar-refractivity contribution in [3.63, 3.8) is 0 Å². The number of carbonyl (C=O) groups is 2. The van der Waals surface area contributed by atoms with Crippen molar-refractivity contribution in [3.8, 4) is 5.75 Å². The van der Waals surface area contributed by atoms with Gasteiger partial charge in [0.2, 0.25) is 0 Å². The third kappa shape index (κ3) is 3.82. The van der Waals surface area contributed by atoms with Gasteiger partial charge in [-0.15, -0.1) is 0 Å². The smallest absolute Gasteiger partial charge is 0.300 e. The molecule has 0 bridgehead atoms. The number of benzene rings is 2. The van der Waals surface area contributed by atoms with Gasteiger partial charge in [-0.1, -0.05) is 17.7 Å². The summed E-state index contributed by atoms with van der Waals surface area (Å²) >= 11 is 6.25. The van der Waals surface area contributed by atoms with Crippen LogP contribution in [0.5, 0.6) is 5.75 Å². The second-order valence-corrected chi connectivity index (χ2v) is 7.75. The van der Waals surface area contributed by atoms with Gasteiger partial charge in [0, 0.05) is 12.3 Å².